The minimum absolute atomic E-state index is 0.0834. The van der Waals surface area contributed by atoms with Gasteiger partial charge in [-0.3, -0.25) is 14.4 Å². The molecule has 1 atom stereocenters. The number of esters is 3. The van der Waals surface area contributed by atoms with E-state index in [2.05, 4.69) is 106 Å². The lowest BCUT2D eigenvalue weighted by Gasteiger charge is -2.18. The third kappa shape index (κ3) is 65.4. The van der Waals surface area contributed by atoms with E-state index in [0.717, 1.165) is 116 Å². The average molecular weight is 1120 g/mol. The molecule has 0 aromatic heterocycles. The summed E-state index contributed by atoms with van der Waals surface area (Å²) in [5.41, 5.74) is 0. The van der Waals surface area contributed by atoms with Crippen LogP contribution in [0.1, 0.15) is 348 Å². The molecule has 0 amide bonds. The molecule has 462 valence electrons. The fourth-order valence-electron chi connectivity index (χ4n) is 9.93. The Labute approximate surface area is 496 Å². The van der Waals surface area contributed by atoms with E-state index in [-0.39, 0.29) is 31.1 Å². The Hall–Kier alpha value is -3.41. The standard InChI is InChI=1S/C74H130O6/c1-4-7-10-13-16-19-22-25-28-29-30-31-32-33-34-35-36-37-38-39-40-41-42-43-44-45-47-49-52-55-58-61-64-67-73(76)79-70-71(69-78-72(75)66-63-60-57-54-51-48-27-24-21-18-15-12-9-6-3)80-74(77)68-65-62-59-56-53-50-46-26-23-20-17-14-11-8-5-2/h8,11,17,20,22,24-27,29-30,32-33,46,71H,4-7,9-10,12-16,18-19,21,23,28,31,34-45,47-70H2,1-3H3/b11-8-,20-17-,25-22-,27-24-,30-29-,33-32-,46-26-. The van der Waals surface area contributed by atoms with E-state index in [9.17, 15) is 14.4 Å². The number of hydrogen-bond acceptors (Lipinski definition) is 6. The van der Waals surface area contributed by atoms with Gasteiger partial charge in [-0.1, -0.05) is 298 Å². The van der Waals surface area contributed by atoms with Crippen molar-refractivity contribution in [2.45, 2.75) is 354 Å². The first-order valence-electron chi connectivity index (χ1n) is 34.6. The summed E-state index contributed by atoms with van der Waals surface area (Å²) in [6.07, 6.45) is 90.5. The van der Waals surface area contributed by atoms with Gasteiger partial charge in [0.2, 0.25) is 0 Å². The van der Waals surface area contributed by atoms with Crippen molar-refractivity contribution in [3.63, 3.8) is 0 Å². The largest absolute Gasteiger partial charge is 0.462 e. The maximum absolute atomic E-state index is 12.9. The van der Waals surface area contributed by atoms with Crippen molar-refractivity contribution in [2.24, 2.45) is 0 Å². The zero-order valence-corrected chi connectivity index (χ0v) is 53.1. The molecular weight excluding hydrogens is 985 g/mol. The Morgan fingerprint density at radius 1 is 0.263 bits per heavy atom. The van der Waals surface area contributed by atoms with Gasteiger partial charge in [-0.2, -0.15) is 0 Å². The van der Waals surface area contributed by atoms with E-state index in [1.165, 1.54) is 193 Å². The molecule has 0 saturated carbocycles. The number of carbonyl (C=O) groups excluding carboxylic acids is 3. The molecule has 0 aliphatic carbocycles. The highest BCUT2D eigenvalue weighted by molar-refractivity contribution is 5.71. The number of unbranched alkanes of at least 4 members (excludes halogenated alkanes) is 38. The van der Waals surface area contributed by atoms with Crippen molar-refractivity contribution in [1.82, 2.24) is 0 Å². The molecule has 0 radical (unpaired) electrons. The average Bonchev–Trinajstić information content (AvgIpc) is 3.46. The quantitative estimate of drug-likeness (QED) is 0.0261. The molecule has 0 saturated heterocycles. The zero-order valence-electron chi connectivity index (χ0n) is 53.1. The number of rotatable bonds is 63. The third-order valence-electron chi connectivity index (χ3n) is 15.1. The van der Waals surface area contributed by atoms with Crippen LogP contribution in [0.25, 0.3) is 0 Å². The fraction of sp³-hybridized carbons (Fsp3) is 0.770. The van der Waals surface area contributed by atoms with Gasteiger partial charge in [0, 0.05) is 19.3 Å². The van der Waals surface area contributed by atoms with Crippen molar-refractivity contribution in [3.05, 3.63) is 85.1 Å². The second kappa shape index (κ2) is 68.1. The van der Waals surface area contributed by atoms with E-state index in [4.69, 9.17) is 14.2 Å². The first-order valence-corrected chi connectivity index (χ1v) is 34.6. The molecule has 0 heterocycles. The van der Waals surface area contributed by atoms with Gasteiger partial charge in [-0.25, -0.2) is 0 Å². The van der Waals surface area contributed by atoms with Crippen LogP contribution in [0.3, 0.4) is 0 Å². The van der Waals surface area contributed by atoms with Crippen LogP contribution in [0.5, 0.6) is 0 Å². The molecule has 0 spiro atoms. The van der Waals surface area contributed by atoms with Crippen LogP contribution in [0.15, 0.2) is 85.1 Å². The lowest BCUT2D eigenvalue weighted by molar-refractivity contribution is -0.167. The Bertz CT molecular complexity index is 1520. The van der Waals surface area contributed by atoms with Crippen LogP contribution in [0.4, 0.5) is 0 Å². The summed E-state index contributed by atoms with van der Waals surface area (Å²) >= 11 is 0. The fourth-order valence-corrected chi connectivity index (χ4v) is 9.93. The highest BCUT2D eigenvalue weighted by Crippen LogP contribution is 2.17. The van der Waals surface area contributed by atoms with Gasteiger partial charge in [0.1, 0.15) is 13.2 Å². The maximum atomic E-state index is 12.9. The number of allylic oxidation sites excluding steroid dienone is 14. The maximum Gasteiger partial charge on any atom is 0.306 e. The Morgan fingerprint density at radius 3 is 0.775 bits per heavy atom. The molecule has 0 bridgehead atoms. The summed E-state index contributed by atoms with van der Waals surface area (Å²) in [4.78, 5) is 38.3. The van der Waals surface area contributed by atoms with Crippen LogP contribution in [0, 0.1) is 0 Å². The summed E-state index contributed by atoms with van der Waals surface area (Å²) in [6, 6.07) is 0. The van der Waals surface area contributed by atoms with Gasteiger partial charge >= 0.3 is 17.9 Å². The zero-order chi connectivity index (χ0) is 57.8. The van der Waals surface area contributed by atoms with Crippen LogP contribution in [-0.2, 0) is 28.6 Å². The second-order valence-electron chi connectivity index (χ2n) is 23.1. The predicted octanol–water partition coefficient (Wildman–Crippen LogP) is 23.8. The molecule has 6 heteroatoms. The lowest BCUT2D eigenvalue weighted by atomic mass is 10.0. The number of ether oxygens (including phenoxy) is 3. The van der Waals surface area contributed by atoms with Crippen molar-refractivity contribution in [3.8, 4) is 0 Å². The van der Waals surface area contributed by atoms with E-state index in [1.54, 1.807) is 0 Å². The molecule has 0 aliphatic rings. The van der Waals surface area contributed by atoms with E-state index in [0.29, 0.717) is 19.3 Å². The molecular formula is C74H130O6. The van der Waals surface area contributed by atoms with Crippen molar-refractivity contribution >= 4 is 17.9 Å². The summed E-state index contributed by atoms with van der Waals surface area (Å²) < 4.78 is 16.9. The molecule has 6 nitrogen and oxygen atoms in total. The van der Waals surface area contributed by atoms with Gasteiger partial charge in [0.05, 0.1) is 0 Å². The topological polar surface area (TPSA) is 78.9 Å². The predicted molar refractivity (Wildman–Crippen MR) is 348 cm³/mol. The summed E-state index contributed by atoms with van der Waals surface area (Å²) in [5.74, 6) is -0.895. The summed E-state index contributed by atoms with van der Waals surface area (Å²) in [5, 5.41) is 0. The van der Waals surface area contributed by atoms with Gasteiger partial charge in [0.15, 0.2) is 6.10 Å². The van der Waals surface area contributed by atoms with Crippen molar-refractivity contribution in [1.29, 1.82) is 0 Å². The minimum Gasteiger partial charge on any atom is -0.462 e. The van der Waals surface area contributed by atoms with Gasteiger partial charge in [-0.05, 0) is 116 Å². The van der Waals surface area contributed by atoms with E-state index in [1.807, 2.05) is 0 Å². The molecule has 80 heavy (non-hydrogen) atoms. The van der Waals surface area contributed by atoms with E-state index < -0.39 is 6.10 Å². The first-order chi connectivity index (χ1) is 39.5. The van der Waals surface area contributed by atoms with Crippen molar-refractivity contribution < 1.29 is 28.6 Å². The molecule has 0 aliphatic heterocycles. The third-order valence-corrected chi connectivity index (χ3v) is 15.1. The molecule has 0 aromatic carbocycles. The normalized spacial score (nSPS) is 12.6. The molecule has 0 N–H and O–H groups in total. The lowest BCUT2D eigenvalue weighted by Crippen LogP contribution is -2.30. The summed E-state index contributed by atoms with van der Waals surface area (Å²) in [6.45, 7) is 6.52. The Kier molecular flexibility index (Phi) is 65.2. The Morgan fingerprint density at radius 2 is 0.487 bits per heavy atom. The Balaban J connectivity index is 4.16. The van der Waals surface area contributed by atoms with Crippen LogP contribution >= 0.6 is 0 Å². The molecule has 1 unspecified atom stereocenters. The number of hydrogen-bond donors (Lipinski definition) is 0. The monoisotopic (exact) mass is 1110 g/mol. The van der Waals surface area contributed by atoms with Gasteiger partial charge < -0.3 is 14.2 Å². The van der Waals surface area contributed by atoms with E-state index >= 15 is 0 Å². The smallest absolute Gasteiger partial charge is 0.306 e. The van der Waals surface area contributed by atoms with Crippen molar-refractivity contribution in [2.75, 3.05) is 13.2 Å². The highest BCUT2D eigenvalue weighted by atomic mass is 16.6. The van der Waals surface area contributed by atoms with Gasteiger partial charge in [0.25, 0.3) is 0 Å². The van der Waals surface area contributed by atoms with Gasteiger partial charge in [-0.15, -0.1) is 0 Å². The van der Waals surface area contributed by atoms with Crippen LogP contribution < -0.4 is 0 Å². The minimum atomic E-state index is -0.789. The first kappa shape index (κ1) is 76.6. The summed E-state index contributed by atoms with van der Waals surface area (Å²) in [7, 11) is 0. The van der Waals surface area contributed by atoms with Crippen LogP contribution in [0.2, 0.25) is 0 Å². The molecule has 0 fully saturated rings. The van der Waals surface area contributed by atoms with Crippen LogP contribution in [-0.4, -0.2) is 37.2 Å². The molecule has 0 rings (SSSR count). The second-order valence-corrected chi connectivity index (χ2v) is 23.1. The number of carbonyl (C=O) groups is 3. The molecule has 0 aromatic rings. The SMILES string of the molecule is CC/C=C\C/C=C\C/C=C\CCCCCCCC(=O)OC(COC(=O)CCCCCCC/C=C\CCCCCCC)COC(=O)CCCCCCCCCCCCCCCCCCCC/C=C\C/C=C\C/C=C\CCCCCCC. The highest BCUT2D eigenvalue weighted by Gasteiger charge is 2.19.